The Labute approximate surface area is 123 Å². The summed E-state index contributed by atoms with van der Waals surface area (Å²) >= 11 is 5.68. The second-order valence-corrected chi connectivity index (χ2v) is 5.22. The molecule has 1 aliphatic heterocycles. The molecule has 1 amide bonds. The molecule has 0 aliphatic carbocycles. The maximum Gasteiger partial charge on any atom is 0.253 e. The Morgan fingerprint density at radius 1 is 1.53 bits per heavy atom. The van der Waals surface area contributed by atoms with Crippen molar-refractivity contribution in [1.82, 2.24) is 4.90 Å². The molecule has 3 nitrogen and oxygen atoms in total. The molecule has 1 heterocycles. The second kappa shape index (κ2) is 6.55. The van der Waals surface area contributed by atoms with E-state index in [-0.39, 0.29) is 35.3 Å². The first-order valence-corrected chi connectivity index (χ1v) is 6.36. The quantitative estimate of drug-likeness (QED) is 0.867. The number of nitrogens with two attached hydrogens (primary N) is 1. The number of carbonyl (C=O) groups excluding carboxylic acids is 1. The lowest BCUT2D eigenvalue weighted by atomic mass is 9.94. The summed E-state index contributed by atoms with van der Waals surface area (Å²) in [6.07, 6.45) is 0.793. The molecule has 2 atom stereocenters. The number of nitrogens with zero attached hydrogens (tertiary/aromatic N) is 1. The van der Waals surface area contributed by atoms with Crippen molar-refractivity contribution in [2.24, 2.45) is 11.7 Å². The molecule has 106 valence electrons. The summed E-state index contributed by atoms with van der Waals surface area (Å²) in [5.41, 5.74) is 6.34. The number of carbonyl (C=O) groups is 1. The summed E-state index contributed by atoms with van der Waals surface area (Å²) in [5, 5.41) is -0.0254. The number of piperidine rings is 1. The normalized spacial score (nSPS) is 22.8. The molecule has 1 aromatic carbocycles. The zero-order valence-corrected chi connectivity index (χ0v) is 12.2. The van der Waals surface area contributed by atoms with Gasteiger partial charge in [-0.25, -0.2) is 4.39 Å². The predicted octanol–water partition coefficient (Wildman–Crippen LogP) is 2.71. The average molecular weight is 307 g/mol. The highest BCUT2D eigenvalue weighted by molar-refractivity contribution is 6.31. The number of benzene rings is 1. The minimum Gasteiger partial charge on any atom is -0.338 e. The molecule has 0 aromatic heterocycles. The van der Waals surface area contributed by atoms with E-state index in [0.29, 0.717) is 18.7 Å². The molecule has 1 aliphatic rings. The van der Waals surface area contributed by atoms with Crippen molar-refractivity contribution in [2.45, 2.75) is 19.4 Å². The Balaban J connectivity index is 0.00000180. The predicted molar refractivity (Wildman–Crippen MR) is 76.3 cm³/mol. The highest BCUT2D eigenvalue weighted by atomic mass is 35.5. The van der Waals surface area contributed by atoms with Crippen LogP contribution in [0.25, 0.3) is 0 Å². The maximum atomic E-state index is 13.0. The van der Waals surface area contributed by atoms with E-state index in [1.54, 1.807) is 4.90 Å². The van der Waals surface area contributed by atoms with Crippen LogP contribution >= 0.6 is 24.0 Å². The lowest BCUT2D eigenvalue weighted by Gasteiger charge is -2.35. The molecule has 2 unspecified atom stereocenters. The maximum absolute atomic E-state index is 13.0. The van der Waals surface area contributed by atoms with E-state index in [0.717, 1.165) is 6.42 Å². The lowest BCUT2D eigenvalue weighted by Crippen LogP contribution is -2.48. The number of likely N-dealkylation sites (tertiary alicyclic amines) is 1. The summed E-state index contributed by atoms with van der Waals surface area (Å²) in [4.78, 5) is 14.0. The van der Waals surface area contributed by atoms with E-state index < -0.39 is 5.82 Å². The Morgan fingerprint density at radius 2 is 2.21 bits per heavy atom. The minimum absolute atomic E-state index is 0. The van der Waals surface area contributed by atoms with Gasteiger partial charge < -0.3 is 10.6 Å². The van der Waals surface area contributed by atoms with Crippen LogP contribution in [-0.4, -0.2) is 29.9 Å². The van der Waals surface area contributed by atoms with Crippen molar-refractivity contribution < 1.29 is 9.18 Å². The molecule has 2 rings (SSSR count). The van der Waals surface area contributed by atoms with Gasteiger partial charge in [-0.05, 0) is 30.5 Å². The zero-order chi connectivity index (χ0) is 13.3. The van der Waals surface area contributed by atoms with Gasteiger partial charge in [-0.2, -0.15) is 0 Å². The van der Waals surface area contributed by atoms with E-state index in [9.17, 15) is 9.18 Å². The van der Waals surface area contributed by atoms with Crippen LogP contribution in [0.2, 0.25) is 5.02 Å². The Kier molecular flexibility index (Phi) is 5.59. The fourth-order valence-electron chi connectivity index (χ4n) is 2.16. The van der Waals surface area contributed by atoms with Gasteiger partial charge in [0.1, 0.15) is 5.82 Å². The molecule has 19 heavy (non-hydrogen) atoms. The van der Waals surface area contributed by atoms with Gasteiger partial charge in [0, 0.05) is 24.7 Å². The highest BCUT2D eigenvalue weighted by Gasteiger charge is 2.27. The van der Waals surface area contributed by atoms with Gasteiger partial charge in [-0.3, -0.25) is 4.79 Å². The first kappa shape index (κ1) is 16.2. The van der Waals surface area contributed by atoms with Crippen LogP contribution in [0.3, 0.4) is 0 Å². The minimum atomic E-state index is -0.512. The average Bonchev–Trinajstić information content (AvgIpc) is 2.35. The fourth-order valence-corrected chi connectivity index (χ4v) is 2.34. The van der Waals surface area contributed by atoms with E-state index in [4.69, 9.17) is 17.3 Å². The summed E-state index contributed by atoms with van der Waals surface area (Å²) in [6.45, 7) is 3.30. The van der Waals surface area contributed by atoms with Gasteiger partial charge in [0.25, 0.3) is 5.91 Å². The molecule has 1 saturated heterocycles. The van der Waals surface area contributed by atoms with Crippen LogP contribution in [0.4, 0.5) is 4.39 Å². The van der Waals surface area contributed by atoms with Gasteiger partial charge in [0.05, 0.1) is 5.02 Å². The van der Waals surface area contributed by atoms with E-state index in [1.807, 2.05) is 6.92 Å². The summed E-state index contributed by atoms with van der Waals surface area (Å²) in [6, 6.07) is 4.20. The van der Waals surface area contributed by atoms with Crippen molar-refractivity contribution in [1.29, 1.82) is 0 Å². The molecule has 0 spiro atoms. The molecular weight excluding hydrogens is 290 g/mol. The number of hydrogen-bond acceptors (Lipinski definition) is 2. The first-order chi connectivity index (χ1) is 8.49. The first-order valence-electron chi connectivity index (χ1n) is 5.99. The Hall–Kier alpha value is -0.840. The second-order valence-electron chi connectivity index (χ2n) is 4.81. The summed E-state index contributed by atoms with van der Waals surface area (Å²) in [7, 11) is 0. The van der Waals surface area contributed by atoms with Gasteiger partial charge in [0.15, 0.2) is 0 Å². The molecule has 0 radical (unpaired) electrons. The van der Waals surface area contributed by atoms with Crippen molar-refractivity contribution in [2.75, 3.05) is 13.1 Å². The van der Waals surface area contributed by atoms with Crippen molar-refractivity contribution in [3.8, 4) is 0 Å². The van der Waals surface area contributed by atoms with Crippen LogP contribution in [0.1, 0.15) is 23.7 Å². The van der Waals surface area contributed by atoms with Gasteiger partial charge >= 0.3 is 0 Å². The summed E-state index contributed by atoms with van der Waals surface area (Å²) < 4.78 is 13.0. The Bertz CT molecular complexity index is 470. The molecule has 2 N–H and O–H groups in total. The number of hydrogen-bond donors (Lipinski definition) is 1. The van der Waals surface area contributed by atoms with Crippen LogP contribution in [0, 0.1) is 11.7 Å². The van der Waals surface area contributed by atoms with Gasteiger partial charge in [-0.15, -0.1) is 12.4 Å². The molecule has 1 fully saturated rings. The summed E-state index contributed by atoms with van der Waals surface area (Å²) in [5.74, 6) is -0.350. The van der Waals surface area contributed by atoms with Gasteiger partial charge in [0.2, 0.25) is 0 Å². The molecular formula is C13H17Cl2FN2O. The van der Waals surface area contributed by atoms with E-state index >= 15 is 0 Å². The monoisotopic (exact) mass is 306 g/mol. The van der Waals surface area contributed by atoms with E-state index in [1.165, 1.54) is 18.2 Å². The zero-order valence-electron chi connectivity index (χ0n) is 10.6. The van der Waals surface area contributed by atoms with Crippen LogP contribution in [0.15, 0.2) is 18.2 Å². The van der Waals surface area contributed by atoms with Crippen LogP contribution < -0.4 is 5.73 Å². The molecule has 6 heteroatoms. The smallest absolute Gasteiger partial charge is 0.253 e. The highest BCUT2D eigenvalue weighted by Crippen LogP contribution is 2.20. The van der Waals surface area contributed by atoms with Crippen molar-refractivity contribution >= 4 is 29.9 Å². The topological polar surface area (TPSA) is 46.3 Å². The standard InChI is InChI=1S/C13H16ClFN2O.ClH/c1-8-7-17(5-4-12(8)16)13(18)9-2-3-11(15)10(14)6-9;/h2-3,6,8,12H,4-5,7,16H2,1H3;1H. The molecule has 0 saturated carbocycles. The third-order valence-electron chi connectivity index (χ3n) is 3.43. The van der Waals surface area contributed by atoms with Gasteiger partial charge in [-0.1, -0.05) is 18.5 Å². The van der Waals surface area contributed by atoms with Crippen molar-refractivity contribution in [3.63, 3.8) is 0 Å². The lowest BCUT2D eigenvalue weighted by molar-refractivity contribution is 0.0664. The Morgan fingerprint density at radius 3 is 2.79 bits per heavy atom. The molecule has 1 aromatic rings. The molecule has 0 bridgehead atoms. The number of halogens is 3. The van der Waals surface area contributed by atoms with Crippen molar-refractivity contribution in [3.05, 3.63) is 34.6 Å². The van der Waals surface area contributed by atoms with Crippen LogP contribution in [-0.2, 0) is 0 Å². The van der Waals surface area contributed by atoms with Crippen LogP contribution in [0.5, 0.6) is 0 Å². The number of amides is 1. The fraction of sp³-hybridized carbons (Fsp3) is 0.462. The number of rotatable bonds is 1. The third-order valence-corrected chi connectivity index (χ3v) is 3.72. The SMILES string of the molecule is CC1CN(C(=O)c2ccc(F)c(Cl)c2)CCC1N.Cl. The largest absolute Gasteiger partial charge is 0.338 e. The third kappa shape index (κ3) is 3.59. The van der Waals surface area contributed by atoms with E-state index in [2.05, 4.69) is 0 Å².